The third-order valence-corrected chi connectivity index (χ3v) is 4.16. The summed E-state index contributed by atoms with van der Waals surface area (Å²) >= 11 is 0. The zero-order valence-electron chi connectivity index (χ0n) is 11.6. The highest BCUT2D eigenvalue weighted by molar-refractivity contribution is 5.50. The van der Waals surface area contributed by atoms with Gasteiger partial charge in [0.05, 0.1) is 6.10 Å². The van der Waals surface area contributed by atoms with E-state index < -0.39 is 0 Å². The van der Waals surface area contributed by atoms with Crippen LogP contribution in [0.4, 0.5) is 11.6 Å². The molecule has 1 saturated carbocycles. The van der Waals surface area contributed by atoms with Crippen LogP contribution in [0.1, 0.15) is 37.9 Å². The number of aliphatic hydroxyl groups is 1. The lowest BCUT2D eigenvalue weighted by Crippen LogP contribution is -2.25. The van der Waals surface area contributed by atoms with Crippen LogP contribution in [-0.2, 0) is 0 Å². The first-order valence-corrected chi connectivity index (χ1v) is 7.17. The monoisotopic (exact) mass is 262 g/mol. The normalized spacial score (nSPS) is 24.6. The maximum atomic E-state index is 9.70. The molecule has 2 fully saturated rings. The lowest BCUT2D eigenvalue weighted by molar-refractivity contribution is 0.136. The molecule has 1 saturated heterocycles. The molecule has 19 heavy (non-hydrogen) atoms. The first-order chi connectivity index (χ1) is 9.17. The number of nitrogens with one attached hydrogen (secondary N) is 1. The molecule has 0 aromatic carbocycles. The Balaban J connectivity index is 1.82. The summed E-state index contributed by atoms with van der Waals surface area (Å²) < 4.78 is 0. The molecule has 104 valence electrons. The van der Waals surface area contributed by atoms with Crippen molar-refractivity contribution in [2.75, 3.05) is 30.4 Å². The molecule has 5 nitrogen and oxygen atoms in total. The van der Waals surface area contributed by atoms with E-state index in [2.05, 4.69) is 15.2 Å². The van der Waals surface area contributed by atoms with E-state index in [9.17, 15) is 5.11 Å². The number of nitrogens with zero attached hydrogens (tertiary/aromatic N) is 3. The Morgan fingerprint density at radius 2 is 2.16 bits per heavy atom. The van der Waals surface area contributed by atoms with Crippen LogP contribution in [0.5, 0.6) is 0 Å². The number of aromatic nitrogens is 2. The maximum absolute atomic E-state index is 9.70. The molecule has 0 radical (unpaired) electrons. The van der Waals surface area contributed by atoms with Gasteiger partial charge in [-0.15, -0.1) is 0 Å². The van der Waals surface area contributed by atoms with Crippen molar-refractivity contribution in [2.45, 2.75) is 38.2 Å². The maximum Gasteiger partial charge on any atom is 0.136 e. The molecule has 1 aliphatic carbocycles. The molecule has 0 spiro atoms. The van der Waals surface area contributed by atoms with Gasteiger partial charge >= 0.3 is 0 Å². The lowest BCUT2D eigenvalue weighted by atomic mass is 10.0. The van der Waals surface area contributed by atoms with Gasteiger partial charge in [-0.25, -0.2) is 9.97 Å². The van der Waals surface area contributed by atoms with Crippen molar-refractivity contribution < 1.29 is 5.11 Å². The molecule has 5 heteroatoms. The third kappa shape index (κ3) is 2.66. The highest BCUT2D eigenvalue weighted by Gasteiger charge is 2.30. The second-order valence-corrected chi connectivity index (χ2v) is 5.73. The zero-order chi connectivity index (χ0) is 13.4. The Hall–Kier alpha value is -1.36. The van der Waals surface area contributed by atoms with Gasteiger partial charge < -0.3 is 15.3 Å². The summed E-state index contributed by atoms with van der Waals surface area (Å²) in [5.41, 5.74) is 0. The Kier molecular flexibility index (Phi) is 3.31. The fraction of sp³-hybridized carbons (Fsp3) is 0.714. The fourth-order valence-corrected chi connectivity index (χ4v) is 2.66. The van der Waals surface area contributed by atoms with Gasteiger partial charge in [-0.2, -0.15) is 0 Å². The molecule has 3 rings (SSSR count). The van der Waals surface area contributed by atoms with Gasteiger partial charge in [-0.05, 0) is 26.2 Å². The van der Waals surface area contributed by atoms with Gasteiger partial charge in [-0.3, -0.25) is 0 Å². The van der Waals surface area contributed by atoms with E-state index in [1.165, 1.54) is 12.8 Å². The summed E-state index contributed by atoms with van der Waals surface area (Å²) in [6.45, 7) is 3.74. The van der Waals surface area contributed by atoms with Gasteiger partial charge in [0.1, 0.15) is 17.5 Å². The van der Waals surface area contributed by atoms with Crippen LogP contribution in [0.3, 0.4) is 0 Å². The average molecular weight is 262 g/mol. The summed E-state index contributed by atoms with van der Waals surface area (Å²) in [5, 5.41) is 12.8. The standard InChI is InChI=1S/C14H22N4O/c1-9(19)11-5-6-18(8-11)13-7-12(15-2)16-14(17-13)10-3-4-10/h7,9-11,19H,3-6,8H2,1-2H3,(H,15,16,17). The first-order valence-electron chi connectivity index (χ1n) is 7.17. The van der Waals surface area contributed by atoms with E-state index >= 15 is 0 Å². The predicted octanol–water partition coefficient (Wildman–Crippen LogP) is 1.60. The molecular weight excluding hydrogens is 240 g/mol. The van der Waals surface area contributed by atoms with Crippen molar-refractivity contribution in [1.82, 2.24) is 9.97 Å². The van der Waals surface area contributed by atoms with Crippen LogP contribution in [0.2, 0.25) is 0 Å². The third-order valence-electron chi connectivity index (χ3n) is 4.16. The molecule has 1 aromatic heterocycles. The predicted molar refractivity (Wildman–Crippen MR) is 75.6 cm³/mol. The van der Waals surface area contributed by atoms with Gasteiger partial charge in [-0.1, -0.05) is 0 Å². The second-order valence-electron chi connectivity index (χ2n) is 5.73. The molecule has 0 bridgehead atoms. The SMILES string of the molecule is CNc1cc(N2CCC(C(C)O)C2)nc(C2CC2)n1. The summed E-state index contributed by atoms with van der Waals surface area (Å²) in [7, 11) is 1.89. The number of aliphatic hydroxyl groups excluding tert-OH is 1. The minimum atomic E-state index is -0.237. The Morgan fingerprint density at radius 1 is 1.37 bits per heavy atom. The summed E-state index contributed by atoms with van der Waals surface area (Å²) in [4.78, 5) is 11.5. The van der Waals surface area contributed by atoms with Crippen molar-refractivity contribution in [3.63, 3.8) is 0 Å². The van der Waals surface area contributed by atoms with Crippen molar-refractivity contribution in [3.8, 4) is 0 Å². The molecule has 2 unspecified atom stereocenters. The molecule has 2 aliphatic rings. The van der Waals surface area contributed by atoms with Crippen molar-refractivity contribution in [3.05, 3.63) is 11.9 Å². The minimum Gasteiger partial charge on any atom is -0.393 e. The van der Waals surface area contributed by atoms with E-state index in [1.54, 1.807) is 0 Å². The van der Waals surface area contributed by atoms with E-state index in [-0.39, 0.29) is 6.10 Å². The number of hydrogen-bond acceptors (Lipinski definition) is 5. The summed E-state index contributed by atoms with van der Waals surface area (Å²) in [6, 6.07) is 2.01. The Labute approximate surface area is 114 Å². The minimum absolute atomic E-state index is 0.237. The Morgan fingerprint density at radius 3 is 2.74 bits per heavy atom. The van der Waals surface area contributed by atoms with Gasteiger partial charge in [0, 0.05) is 38.0 Å². The number of hydrogen-bond donors (Lipinski definition) is 2. The van der Waals surface area contributed by atoms with Crippen LogP contribution in [0, 0.1) is 5.92 Å². The van der Waals surface area contributed by atoms with Crippen LogP contribution in [-0.4, -0.2) is 41.3 Å². The number of rotatable bonds is 4. The highest BCUT2D eigenvalue weighted by Crippen LogP contribution is 2.39. The van der Waals surface area contributed by atoms with Gasteiger partial charge in [0.15, 0.2) is 0 Å². The van der Waals surface area contributed by atoms with Crippen LogP contribution < -0.4 is 10.2 Å². The van der Waals surface area contributed by atoms with Crippen molar-refractivity contribution in [1.29, 1.82) is 0 Å². The van der Waals surface area contributed by atoms with E-state index in [0.29, 0.717) is 11.8 Å². The van der Waals surface area contributed by atoms with Crippen molar-refractivity contribution in [2.24, 2.45) is 5.92 Å². The molecule has 2 heterocycles. The van der Waals surface area contributed by atoms with E-state index in [0.717, 1.165) is 37.0 Å². The summed E-state index contributed by atoms with van der Waals surface area (Å²) in [6.07, 6.45) is 3.22. The average Bonchev–Trinajstić information content (AvgIpc) is 3.14. The van der Waals surface area contributed by atoms with Gasteiger partial charge in [0.25, 0.3) is 0 Å². The second kappa shape index (κ2) is 4.96. The molecule has 2 atom stereocenters. The fourth-order valence-electron chi connectivity index (χ4n) is 2.66. The Bertz CT molecular complexity index is 459. The van der Waals surface area contributed by atoms with Crippen LogP contribution in [0.15, 0.2) is 6.07 Å². The van der Waals surface area contributed by atoms with Crippen LogP contribution in [0.25, 0.3) is 0 Å². The van der Waals surface area contributed by atoms with E-state index in [1.807, 2.05) is 20.0 Å². The van der Waals surface area contributed by atoms with Crippen LogP contribution >= 0.6 is 0 Å². The molecule has 2 N–H and O–H groups in total. The summed E-state index contributed by atoms with van der Waals surface area (Å²) in [5.74, 6) is 3.79. The molecule has 1 aromatic rings. The molecular formula is C14H22N4O. The topological polar surface area (TPSA) is 61.3 Å². The zero-order valence-corrected chi connectivity index (χ0v) is 11.6. The van der Waals surface area contributed by atoms with Crippen molar-refractivity contribution >= 4 is 11.6 Å². The lowest BCUT2D eigenvalue weighted by Gasteiger charge is -2.20. The van der Waals surface area contributed by atoms with Gasteiger partial charge in [0.2, 0.25) is 0 Å². The highest BCUT2D eigenvalue weighted by atomic mass is 16.3. The largest absolute Gasteiger partial charge is 0.393 e. The molecule has 0 amide bonds. The first kappa shape index (κ1) is 12.7. The smallest absolute Gasteiger partial charge is 0.136 e. The molecule has 1 aliphatic heterocycles. The number of anilines is 2. The quantitative estimate of drug-likeness (QED) is 0.863. The van der Waals surface area contributed by atoms with E-state index in [4.69, 9.17) is 4.98 Å².